The molecule has 0 amide bonds. The summed E-state index contributed by atoms with van der Waals surface area (Å²) in [5.74, 6) is 0.0492. The molecule has 0 saturated carbocycles. The van der Waals surface area contributed by atoms with Crippen LogP contribution in [0.25, 0.3) is 0 Å². The maximum absolute atomic E-state index is 9.64. The molecule has 0 aromatic heterocycles. The van der Waals surface area contributed by atoms with E-state index in [-0.39, 0.29) is 11.9 Å². The first-order valence-corrected chi connectivity index (χ1v) is 6.89. The summed E-state index contributed by atoms with van der Waals surface area (Å²) in [5, 5.41) is 18.5. The quantitative estimate of drug-likeness (QED) is 0.317. The van der Waals surface area contributed by atoms with E-state index in [2.05, 4.69) is 13.5 Å². The van der Waals surface area contributed by atoms with Crippen molar-refractivity contribution in [1.29, 1.82) is 0 Å². The van der Waals surface area contributed by atoms with Gasteiger partial charge in [-0.3, -0.25) is 0 Å². The van der Waals surface area contributed by atoms with Crippen LogP contribution in [0.2, 0.25) is 0 Å². The first kappa shape index (κ1) is 16.2. The molecule has 2 heteroatoms. The van der Waals surface area contributed by atoms with E-state index in [1.54, 1.807) is 6.08 Å². The van der Waals surface area contributed by atoms with Crippen LogP contribution in [-0.4, -0.2) is 16.3 Å². The zero-order valence-corrected chi connectivity index (χ0v) is 11.2. The van der Waals surface area contributed by atoms with Gasteiger partial charge in [0.25, 0.3) is 0 Å². The predicted molar refractivity (Wildman–Crippen MR) is 74.1 cm³/mol. The smallest absolute Gasteiger partial charge is 0.108 e. The fourth-order valence-corrected chi connectivity index (χ4v) is 1.82. The van der Waals surface area contributed by atoms with Crippen molar-refractivity contribution >= 4 is 0 Å². The maximum atomic E-state index is 9.64. The molecule has 0 aliphatic heterocycles. The van der Waals surface area contributed by atoms with E-state index < -0.39 is 0 Å². The lowest BCUT2D eigenvalue weighted by molar-refractivity contribution is 0.163. The second kappa shape index (κ2) is 11.7. The van der Waals surface area contributed by atoms with Gasteiger partial charge in [0.15, 0.2) is 0 Å². The summed E-state index contributed by atoms with van der Waals surface area (Å²) in [6.07, 6.45) is 13.4. The van der Waals surface area contributed by atoms with Crippen molar-refractivity contribution in [3.8, 4) is 0 Å². The van der Waals surface area contributed by atoms with E-state index in [0.29, 0.717) is 6.42 Å². The van der Waals surface area contributed by atoms with Crippen molar-refractivity contribution in [2.45, 2.75) is 70.8 Å². The number of hydrogen-bond donors (Lipinski definition) is 2. The number of rotatable bonds is 11. The van der Waals surface area contributed by atoms with Gasteiger partial charge in [0.1, 0.15) is 5.76 Å². The van der Waals surface area contributed by atoms with Crippen molar-refractivity contribution in [2.75, 3.05) is 0 Å². The van der Waals surface area contributed by atoms with E-state index in [4.69, 9.17) is 5.11 Å². The second-order valence-electron chi connectivity index (χ2n) is 4.69. The zero-order valence-electron chi connectivity index (χ0n) is 11.2. The summed E-state index contributed by atoms with van der Waals surface area (Å²) in [4.78, 5) is 0. The molecule has 0 aromatic carbocycles. The number of allylic oxidation sites excluding steroid dienone is 1. The van der Waals surface area contributed by atoms with Crippen LogP contribution in [0.1, 0.15) is 64.7 Å². The molecule has 0 saturated heterocycles. The molecule has 0 aliphatic rings. The average molecular weight is 240 g/mol. The largest absolute Gasteiger partial charge is 0.509 e. The van der Waals surface area contributed by atoms with E-state index in [9.17, 15) is 5.11 Å². The minimum absolute atomic E-state index is 0.0492. The summed E-state index contributed by atoms with van der Waals surface area (Å²) < 4.78 is 0. The van der Waals surface area contributed by atoms with Crippen molar-refractivity contribution in [3.05, 3.63) is 24.5 Å². The molecular formula is C15H28O2. The molecule has 0 aliphatic carbocycles. The highest BCUT2D eigenvalue weighted by molar-refractivity contribution is 5.05. The molecule has 0 heterocycles. The highest BCUT2D eigenvalue weighted by Crippen LogP contribution is 2.11. The van der Waals surface area contributed by atoms with Crippen LogP contribution in [0.3, 0.4) is 0 Å². The fraction of sp³-hybridized carbons (Fsp3) is 0.733. The fourth-order valence-electron chi connectivity index (χ4n) is 1.82. The Morgan fingerprint density at radius 2 is 1.71 bits per heavy atom. The third kappa shape index (κ3) is 13.2. The van der Waals surface area contributed by atoms with Gasteiger partial charge in [0.2, 0.25) is 0 Å². The van der Waals surface area contributed by atoms with Crippen LogP contribution in [0.5, 0.6) is 0 Å². The zero-order chi connectivity index (χ0) is 12.9. The molecule has 1 unspecified atom stereocenters. The Morgan fingerprint density at radius 3 is 2.29 bits per heavy atom. The molecule has 0 aromatic rings. The van der Waals surface area contributed by atoms with Gasteiger partial charge in [-0.05, 0) is 18.9 Å². The van der Waals surface area contributed by atoms with Crippen molar-refractivity contribution in [2.24, 2.45) is 0 Å². The molecule has 17 heavy (non-hydrogen) atoms. The van der Waals surface area contributed by atoms with Crippen LogP contribution in [0.4, 0.5) is 0 Å². The Labute approximate surface area is 106 Å². The highest BCUT2D eigenvalue weighted by atomic mass is 16.3. The summed E-state index contributed by atoms with van der Waals surface area (Å²) in [7, 11) is 0. The summed E-state index contributed by atoms with van der Waals surface area (Å²) in [5.41, 5.74) is 0. The van der Waals surface area contributed by atoms with Crippen molar-refractivity contribution in [3.63, 3.8) is 0 Å². The Bertz CT molecular complexity index is 209. The molecule has 1 atom stereocenters. The number of unbranched alkanes of at least 4 members (excludes halogenated alkanes) is 6. The van der Waals surface area contributed by atoms with E-state index >= 15 is 0 Å². The van der Waals surface area contributed by atoms with Crippen molar-refractivity contribution < 1.29 is 10.2 Å². The lowest BCUT2D eigenvalue weighted by Gasteiger charge is -2.07. The topological polar surface area (TPSA) is 40.5 Å². The normalized spacial score (nSPS) is 13.1. The molecular weight excluding hydrogens is 212 g/mol. The van der Waals surface area contributed by atoms with Crippen LogP contribution in [0.15, 0.2) is 24.5 Å². The summed E-state index contributed by atoms with van der Waals surface area (Å²) in [6, 6.07) is 0. The SMILES string of the molecule is C=C(O)C=CCC(O)CCCCCCCCC. The Morgan fingerprint density at radius 1 is 1.12 bits per heavy atom. The first-order chi connectivity index (χ1) is 8.16. The minimum Gasteiger partial charge on any atom is -0.509 e. The predicted octanol–water partition coefficient (Wildman–Crippen LogP) is 4.51. The lowest BCUT2D eigenvalue weighted by atomic mass is 10.0. The van der Waals surface area contributed by atoms with E-state index in [0.717, 1.165) is 12.8 Å². The monoisotopic (exact) mass is 240 g/mol. The van der Waals surface area contributed by atoms with Gasteiger partial charge >= 0.3 is 0 Å². The highest BCUT2D eigenvalue weighted by Gasteiger charge is 2.01. The molecule has 2 N–H and O–H groups in total. The third-order valence-electron chi connectivity index (χ3n) is 2.86. The average Bonchev–Trinajstić information content (AvgIpc) is 2.27. The molecule has 0 bridgehead atoms. The number of hydrogen-bond acceptors (Lipinski definition) is 2. The summed E-state index contributed by atoms with van der Waals surface area (Å²) >= 11 is 0. The van der Waals surface area contributed by atoms with Crippen LogP contribution >= 0.6 is 0 Å². The van der Waals surface area contributed by atoms with Gasteiger partial charge < -0.3 is 10.2 Å². The van der Waals surface area contributed by atoms with Crippen LogP contribution in [0, 0.1) is 0 Å². The van der Waals surface area contributed by atoms with Gasteiger partial charge in [0, 0.05) is 0 Å². The lowest BCUT2D eigenvalue weighted by Crippen LogP contribution is -2.04. The molecule has 0 fully saturated rings. The Kier molecular flexibility index (Phi) is 11.2. The molecule has 0 radical (unpaired) electrons. The van der Waals surface area contributed by atoms with Gasteiger partial charge in [-0.15, -0.1) is 0 Å². The third-order valence-corrected chi connectivity index (χ3v) is 2.86. The Hall–Kier alpha value is -0.760. The van der Waals surface area contributed by atoms with Crippen LogP contribution in [-0.2, 0) is 0 Å². The van der Waals surface area contributed by atoms with Gasteiger partial charge in [-0.1, -0.05) is 64.5 Å². The van der Waals surface area contributed by atoms with E-state index in [1.165, 1.54) is 44.6 Å². The van der Waals surface area contributed by atoms with Gasteiger partial charge in [0.05, 0.1) is 6.10 Å². The van der Waals surface area contributed by atoms with Crippen LogP contribution < -0.4 is 0 Å². The van der Waals surface area contributed by atoms with E-state index in [1.807, 2.05) is 0 Å². The molecule has 2 nitrogen and oxygen atoms in total. The number of aliphatic hydroxyl groups excluding tert-OH is 2. The molecule has 0 spiro atoms. The first-order valence-electron chi connectivity index (χ1n) is 6.89. The van der Waals surface area contributed by atoms with Gasteiger partial charge in [-0.25, -0.2) is 0 Å². The van der Waals surface area contributed by atoms with Crippen molar-refractivity contribution in [1.82, 2.24) is 0 Å². The van der Waals surface area contributed by atoms with Gasteiger partial charge in [-0.2, -0.15) is 0 Å². The molecule has 0 rings (SSSR count). The number of aliphatic hydroxyl groups is 2. The Balaban J connectivity index is 3.27. The molecule has 100 valence electrons. The summed E-state index contributed by atoms with van der Waals surface area (Å²) in [6.45, 7) is 5.58. The maximum Gasteiger partial charge on any atom is 0.108 e. The second-order valence-corrected chi connectivity index (χ2v) is 4.69. The standard InChI is InChI=1S/C15H28O2/c1-3-4-5-6-7-8-9-12-15(17)13-10-11-14(2)16/h10-11,15-17H,2-9,12-13H2,1H3. The minimum atomic E-state index is -0.277.